The van der Waals surface area contributed by atoms with E-state index >= 15 is 0 Å². The van der Waals surface area contributed by atoms with Crippen LogP contribution in [0.1, 0.15) is 16.0 Å². The van der Waals surface area contributed by atoms with E-state index in [4.69, 9.17) is 4.74 Å². The van der Waals surface area contributed by atoms with E-state index in [0.717, 1.165) is 21.4 Å². The van der Waals surface area contributed by atoms with Crippen LogP contribution in [0.2, 0.25) is 0 Å². The van der Waals surface area contributed by atoms with Crippen molar-refractivity contribution in [2.45, 2.75) is 24.6 Å². The van der Waals surface area contributed by atoms with Gasteiger partial charge in [-0.1, -0.05) is 12.1 Å². The minimum Gasteiger partial charge on any atom is -0.497 e. The van der Waals surface area contributed by atoms with Crippen LogP contribution < -0.4 is 4.74 Å². The van der Waals surface area contributed by atoms with E-state index in [1.54, 1.807) is 36.5 Å². The monoisotopic (exact) mass is 316 g/mol. The highest BCUT2D eigenvalue weighted by atomic mass is 32.2. The number of thiophene rings is 1. The molecule has 0 aliphatic rings. The van der Waals surface area contributed by atoms with Crippen LogP contribution in [0, 0.1) is 13.8 Å². The zero-order valence-electron chi connectivity index (χ0n) is 12.2. The molecule has 1 aromatic carbocycles. The van der Waals surface area contributed by atoms with Crippen LogP contribution in [-0.2, 0) is 5.75 Å². The lowest BCUT2D eigenvalue weighted by Gasteiger charge is -2.05. The minimum atomic E-state index is 0.887. The lowest BCUT2D eigenvalue weighted by Crippen LogP contribution is -1.88. The summed E-state index contributed by atoms with van der Waals surface area (Å²) < 4.78 is 5.18. The third-order valence-electron chi connectivity index (χ3n) is 3.47. The Morgan fingerprint density at radius 1 is 1.14 bits per heavy atom. The summed E-state index contributed by atoms with van der Waals surface area (Å²) in [5, 5.41) is 2.27. The van der Waals surface area contributed by atoms with E-state index in [9.17, 15) is 0 Å². The van der Waals surface area contributed by atoms with Gasteiger partial charge >= 0.3 is 0 Å². The highest BCUT2D eigenvalue weighted by Gasteiger charge is 2.12. The molecule has 108 valence electrons. The number of rotatable bonds is 4. The summed E-state index contributed by atoms with van der Waals surface area (Å²) in [6.07, 6.45) is 1.66. The van der Waals surface area contributed by atoms with Gasteiger partial charge in [0.1, 0.15) is 21.9 Å². The van der Waals surface area contributed by atoms with Gasteiger partial charge in [-0.25, -0.2) is 9.97 Å². The fourth-order valence-electron chi connectivity index (χ4n) is 2.13. The Balaban J connectivity index is 1.84. The molecule has 5 heteroatoms. The first-order valence-corrected chi connectivity index (χ1v) is 8.45. The van der Waals surface area contributed by atoms with Gasteiger partial charge in [0.05, 0.1) is 7.11 Å². The van der Waals surface area contributed by atoms with Gasteiger partial charge in [0.2, 0.25) is 0 Å². The van der Waals surface area contributed by atoms with E-state index in [1.165, 1.54) is 21.4 Å². The van der Waals surface area contributed by atoms with Crippen LogP contribution in [-0.4, -0.2) is 17.1 Å². The molecule has 21 heavy (non-hydrogen) atoms. The zero-order valence-corrected chi connectivity index (χ0v) is 13.8. The molecule has 2 aromatic heterocycles. The van der Waals surface area contributed by atoms with Crippen LogP contribution in [0.15, 0.2) is 35.6 Å². The molecule has 0 spiro atoms. The van der Waals surface area contributed by atoms with Crippen molar-refractivity contribution in [3.63, 3.8) is 0 Å². The molecule has 0 saturated carbocycles. The van der Waals surface area contributed by atoms with Crippen molar-refractivity contribution in [3.8, 4) is 5.75 Å². The first-order chi connectivity index (χ1) is 10.2. The van der Waals surface area contributed by atoms with Gasteiger partial charge in [-0.3, -0.25) is 0 Å². The quantitative estimate of drug-likeness (QED) is 0.520. The number of aromatic nitrogens is 2. The molecule has 0 amide bonds. The normalized spacial score (nSPS) is 11.0. The Kier molecular flexibility index (Phi) is 4.12. The second-order valence-electron chi connectivity index (χ2n) is 4.78. The number of fused-ring (bicyclic) bond motifs is 1. The van der Waals surface area contributed by atoms with E-state index < -0.39 is 0 Å². The van der Waals surface area contributed by atoms with Crippen LogP contribution in [0.5, 0.6) is 5.75 Å². The fourth-order valence-corrected chi connectivity index (χ4v) is 4.21. The van der Waals surface area contributed by atoms with E-state index in [0.29, 0.717) is 0 Å². The SMILES string of the molecule is COc1ccc(CSc2ncnc3sc(C)c(C)c23)cc1. The molecule has 0 radical (unpaired) electrons. The molecule has 0 unspecified atom stereocenters. The number of ether oxygens (including phenoxy) is 1. The van der Waals surface area contributed by atoms with E-state index in [-0.39, 0.29) is 0 Å². The minimum absolute atomic E-state index is 0.887. The molecule has 0 atom stereocenters. The highest BCUT2D eigenvalue weighted by Crippen LogP contribution is 2.35. The van der Waals surface area contributed by atoms with Crippen molar-refractivity contribution in [1.29, 1.82) is 0 Å². The second kappa shape index (κ2) is 6.03. The maximum atomic E-state index is 5.18. The topological polar surface area (TPSA) is 35.0 Å². The summed E-state index contributed by atoms with van der Waals surface area (Å²) in [6.45, 7) is 4.29. The third-order valence-corrected chi connectivity index (χ3v) is 5.64. The Morgan fingerprint density at radius 2 is 1.90 bits per heavy atom. The lowest BCUT2D eigenvalue weighted by molar-refractivity contribution is 0.414. The van der Waals surface area contributed by atoms with Crippen molar-refractivity contribution in [2.75, 3.05) is 7.11 Å². The molecule has 3 rings (SSSR count). The molecular weight excluding hydrogens is 300 g/mol. The van der Waals surface area contributed by atoms with Gasteiger partial charge in [-0.2, -0.15) is 0 Å². The number of thioether (sulfide) groups is 1. The summed E-state index contributed by atoms with van der Waals surface area (Å²) in [5.41, 5.74) is 2.56. The maximum absolute atomic E-state index is 5.18. The van der Waals surface area contributed by atoms with E-state index in [1.807, 2.05) is 12.1 Å². The first-order valence-electron chi connectivity index (χ1n) is 6.65. The fraction of sp³-hybridized carbons (Fsp3) is 0.250. The average Bonchev–Trinajstić information content (AvgIpc) is 2.81. The van der Waals surface area contributed by atoms with Crippen LogP contribution in [0.25, 0.3) is 10.2 Å². The molecule has 0 N–H and O–H groups in total. The smallest absolute Gasteiger partial charge is 0.128 e. The Hall–Kier alpha value is -1.59. The lowest BCUT2D eigenvalue weighted by atomic mass is 10.2. The summed E-state index contributed by atoms with van der Waals surface area (Å²) in [6, 6.07) is 8.17. The van der Waals surface area contributed by atoms with Gasteiger partial charge in [0.15, 0.2) is 0 Å². The van der Waals surface area contributed by atoms with Crippen LogP contribution in [0.3, 0.4) is 0 Å². The molecular formula is C16H16N2OS2. The number of aryl methyl sites for hydroxylation is 2. The standard InChI is InChI=1S/C16H16N2OS2/c1-10-11(2)21-16-14(10)15(17-9-18-16)20-8-12-4-6-13(19-3)7-5-12/h4-7,9H,8H2,1-3H3. The number of benzene rings is 1. The largest absolute Gasteiger partial charge is 0.497 e. The van der Waals surface area contributed by atoms with E-state index in [2.05, 4.69) is 35.9 Å². The Bertz CT molecular complexity index is 766. The molecule has 0 fully saturated rings. The molecule has 0 bridgehead atoms. The van der Waals surface area contributed by atoms with Gasteiger partial charge < -0.3 is 4.74 Å². The van der Waals surface area contributed by atoms with Crippen molar-refractivity contribution in [3.05, 3.63) is 46.6 Å². The molecule has 0 saturated heterocycles. The van der Waals surface area contributed by atoms with Gasteiger partial charge in [-0.15, -0.1) is 23.1 Å². The zero-order chi connectivity index (χ0) is 14.8. The summed E-state index contributed by atoms with van der Waals surface area (Å²) in [4.78, 5) is 11.2. The highest BCUT2D eigenvalue weighted by molar-refractivity contribution is 7.98. The summed E-state index contributed by atoms with van der Waals surface area (Å²) in [5.74, 6) is 1.78. The van der Waals surface area contributed by atoms with Crippen LogP contribution >= 0.6 is 23.1 Å². The molecule has 3 nitrogen and oxygen atoms in total. The molecule has 2 heterocycles. The maximum Gasteiger partial charge on any atom is 0.128 e. The third kappa shape index (κ3) is 2.89. The number of hydrogen-bond donors (Lipinski definition) is 0. The number of hydrogen-bond acceptors (Lipinski definition) is 5. The van der Waals surface area contributed by atoms with Crippen molar-refractivity contribution in [1.82, 2.24) is 9.97 Å². The molecule has 0 aliphatic heterocycles. The predicted octanol–water partition coefficient (Wildman–Crippen LogP) is 4.61. The number of nitrogens with zero attached hydrogens (tertiary/aromatic N) is 2. The molecule has 3 aromatic rings. The Labute approximate surface area is 132 Å². The van der Waals surface area contributed by atoms with Crippen molar-refractivity contribution in [2.24, 2.45) is 0 Å². The van der Waals surface area contributed by atoms with Gasteiger partial charge in [0, 0.05) is 16.0 Å². The summed E-state index contributed by atoms with van der Waals surface area (Å²) in [7, 11) is 1.68. The molecule has 0 aliphatic carbocycles. The van der Waals surface area contributed by atoms with Crippen molar-refractivity contribution < 1.29 is 4.74 Å². The predicted molar refractivity (Wildman–Crippen MR) is 89.4 cm³/mol. The van der Waals surface area contributed by atoms with Gasteiger partial charge in [0.25, 0.3) is 0 Å². The second-order valence-corrected chi connectivity index (χ2v) is 6.95. The van der Waals surface area contributed by atoms with Crippen molar-refractivity contribution >= 4 is 33.3 Å². The number of methoxy groups -OCH3 is 1. The average molecular weight is 316 g/mol. The first kappa shape index (κ1) is 14.4. The summed E-state index contributed by atoms with van der Waals surface area (Å²) >= 11 is 3.50. The van der Waals surface area contributed by atoms with Gasteiger partial charge in [-0.05, 0) is 37.1 Å². The van der Waals surface area contributed by atoms with Crippen LogP contribution in [0.4, 0.5) is 0 Å². The Morgan fingerprint density at radius 3 is 2.62 bits per heavy atom.